The summed E-state index contributed by atoms with van der Waals surface area (Å²) in [6, 6.07) is 26.5. The second-order valence-electron chi connectivity index (χ2n) is 7.93. The van der Waals surface area contributed by atoms with Crippen LogP contribution in [0, 0.1) is 11.3 Å². The molecule has 0 saturated carbocycles. The molecule has 8 heteroatoms. The van der Waals surface area contributed by atoms with E-state index in [0.29, 0.717) is 22.5 Å². The lowest BCUT2D eigenvalue weighted by molar-refractivity contribution is -0.123. The van der Waals surface area contributed by atoms with Crippen LogP contribution in [-0.2, 0) is 11.3 Å². The van der Waals surface area contributed by atoms with Crippen molar-refractivity contribution in [2.45, 2.75) is 6.54 Å². The third-order valence-corrected chi connectivity index (χ3v) is 5.68. The largest absolute Gasteiger partial charge is 0.329 e. The number of rotatable bonds is 5. The van der Waals surface area contributed by atoms with Crippen molar-refractivity contribution < 1.29 is 9.59 Å². The Kier molecular flexibility index (Phi) is 5.57. The Balaban J connectivity index is 1.53. The average molecular weight is 461 g/mol. The topological polar surface area (TPSA) is 111 Å². The molecule has 170 valence electrons. The lowest BCUT2D eigenvalue weighted by atomic mass is 10.1. The smallest absolute Gasteiger partial charge is 0.303 e. The molecule has 1 aromatic heterocycles. The molecule has 0 aliphatic carbocycles. The van der Waals surface area contributed by atoms with E-state index in [1.165, 1.54) is 10.8 Å². The van der Waals surface area contributed by atoms with E-state index in [2.05, 4.69) is 10.4 Å². The molecule has 4 aromatic rings. The number of para-hydroxylation sites is 1. The van der Waals surface area contributed by atoms with Crippen molar-refractivity contribution >= 4 is 18.0 Å². The van der Waals surface area contributed by atoms with Crippen LogP contribution in [0.1, 0.15) is 16.7 Å². The molecule has 2 heterocycles. The number of carbonyl (C=O) groups excluding carboxylic acids is 2. The van der Waals surface area contributed by atoms with Gasteiger partial charge < -0.3 is 5.32 Å². The first kappa shape index (κ1) is 21.7. The third-order valence-electron chi connectivity index (χ3n) is 5.68. The average Bonchev–Trinajstić information content (AvgIpc) is 3.36. The molecule has 3 amide bonds. The second kappa shape index (κ2) is 9.00. The molecule has 0 spiro atoms. The van der Waals surface area contributed by atoms with Crippen LogP contribution >= 0.6 is 0 Å². The van der Waals surface area contributed by atoms with Crippen LogP contribution in [0.4, 0.5) is 4.79 Å². The second-order valence-corrected chi connectivity index (χ2v) is 7.93. The Bertz CT molecular complexity index is 1540. The number of aromatic amines is 1. The van der Waals surface area contributed by atoms with Crippen molar-refractivity contribution in [1.82, 2.24) is 20.0 Å². The Morgan fingerprint density at radius 1 is 0.857 bits per heavy atom. The zero-order valence-electron chi connectivity index (χ0n) is 18.4. The van der Waals surface area contributed by atoms with E-state index < -0.39 is 11.9 Å². The predicted molar refractivity (Wildman–Crippen MR) is 130 cm³/mol. The van der Waals surface area contributed by atoms with Crippen molar-refractivity contribution in [2.75, 3.05) is 0 Å². The van der Waals surface area contributed by atoms with Gasteiger partial charge in [0.2, 0.25) is 0 Å². The number of nitrogens with one attached hydrogen (secondary N) is 2. The van der Waals surface area contributed by atoms with Crippen LogP contribution in [0.3, 0.4) is 0 Å². The molecule has 0 bridgehead atoms. The number of nitriles is 1. The highest BCUT2D eigenvalue weighted by atomic mass is 16.2. The highest BCUT2D eigenvalue weighted by Crippen LogP contribution is 2.24. The third kappa shape index (κ3) is 4.14. The maximum atomic E-state index is 13.4. The number of benzene rings is 3. The normalized spacial score (nSPS) is 14.3. The summed E-state index contributed by atoms with van der Waals surface area (Å²) < 4.78 is 1.41. The van der Waals surface area contributed by atoms with Crippen molar-refractivity contribution in [3.05, 3.63) is 118 Å². The first-order valence-corrected chi connectivity index (χ1v) is 10.8. The lowest BCUT2D eigenvalue weighted by Gasteiger charge is -2.11. The standard InChI is InChI=1S/C27H19N5O3/c28-16-18-11-13-19(14-12-18)17-31-26(34)23(29-27(31)35)15-22-24(20-7-3-1-4-8-20)30-32(25(22)33)21-9-5-2-6-10-21/h1-15,30H,17H2,(H,29,35)/b23-15-. The van der Waals surface area contributed by atoms with E-state index in [0.717, 1.165) is 10.5 Å². The fourth-order valence-corrected chi connectivity index (χ4v) is 3.89. The molecule has 1 saturated heterocycles. The van der Waals surface area contributed by atoms with Crippen LogP contribution < -0.4 is 10.9 Å². The molecular weight excluding hydrogens is 442 g/mol. The molecule has 3 aromatic carbocycles. The number of nitrogens with zero attached hydrogens (tertiary/aromatic N) is 3. The molecule has 0 unspecified atom stereocenters. The molecule has 8 nitrogen and oxygen atoms in total. The van der Waals surface area contributed by atoms with E-state index in [-0.39, 0.29) is 23.4 Å². The van der Waals surface area contributed by atoms with Crippen molar-refractivity contribution in [2.24, 2.45) is 0 Å². The maximum Gasteiger partial charge on any atom is 0.329 e. The van der Waals surface area contributed by atoms with Gasteiger partial charge in [-0.25, -0.2) is 9.48 Å². The Morgan fingerprint density at radius 3 is 2.17 bits per heavy atom. The maximum absolute atomic E-state index is 13.4. The predicted octanol–water partition coefficient (Wildman–Crippen LogP) is 3.80. The van der Waals surface area contributed by atoms with Gasteiger partial charge in [0.15, 0.2) is 0 Å². The molecule has 1 fully saturated rings. The summed E-state index contributed by atoms with van der Waals surface area (Å²) in [6.45, 7) is 0.0423. The number of imide groups is 1. The molecule has 1 aliphatic rings. The van der Waals surface area contributed by atoms with Gasteiger partial charge >= 0.3 is 6.03 Å². The monoisotopic (exact) mass is 461 g/mol. The summed E-state index contributed by atoms with van der Waals surface area (Å²) in [5.41, 5.74) is 3.03. The Labute approximate surface area is 200 Å². The minimum atomic E-state index is -0.578. The summed E-state index contributed by atoms with van der Waals surface area (Å²) in [7, 11) is 0. The Hall–Kier alpha value is -5.16. The summed E-state index contributed by atoms with van der Waals surface area (Å²) >= 11 is 0. The van der Waals surface area contributed by atoms with Crippen LogP contribution in [0.25, 0.3) is 23.0 Å². The number of hydrogen-bond acceptors (Lipinski definition) is 4. The number of hydrogen-bond donors (Lipinski definition) is 2. The lowest BCUT2D eigenvalue weighted by Crippen LogP contribution is -2.30. The van der Waals surface area contributed by atoms with E-state index >= 15 is 0 Å². The number of aromatic nitrogens is 2. The van der Waals surface area contributed by atoms with E-state index in [4.69, 9.17) is 5.26 Å². The minimum Gasteiger partial charge on any atom is -0.303 e. The number of urea groups is 1. The zero-order chi connectivity index (χ0) is 24.4. The van der Waals surface area contributed by atoms with Gasteiger partial charge in [-0.05, 0) is 35.9 Å². The number of amides is 3. The van der Waals surface area contributed by atoms with Gasteiger partial charge in [0.1, 0.15) is 5.70 Å². The minimum absolute atomic E-state index is 0.0112. The highest BCUT2D eigenvalue weighted by Gasteiger charge is 2.34. The van der Waals surface area contributed by atoms with Crippen molar-refractivity contribution in [3.8, 4) is 23.0 Å². The summed E-state index contributed by atoms with van der Waals surface area (Å²) in [4.78, 5) is 40.1. The first-order chi connectivity index (χ1) is 17.0. The van der Waals surface area contributed by atoms with Gasteiger partial charge in [-0.15, -0.1) is 0 Å². The fourth-order valence-electron chi connectivity index (χ4n) is 3.89. The van der Waals surface area contributed by atoms with Crippen molar-refractivity contribution in [3.63, 3.8) is 0 Å². The number of H-pyrrole nitrogens is 1. The van der Waals surface area contributed by atoms with Gasteiger partial charge in [-0.1, -0.05) is 60.7 Å². The van der Waals surface area contributed by atoms with Crippen molar-refractivity contribution in [1.29, 1.82) is 5.26 Å². The molecule has 35 heavy (non-hydrogen) atoms. The van der Waals surface area contributed by atoms with Gasteiger partial charge in [0.05, 0.1) is 35.1 Å². The quantitative estimate of drug-likeness (QED) is 0.348. The fraction of sp³-hybridized carbons (Fsp3) is 0.0370. The Morgan fingerprint density at radius 2 is 1.51 bits per heavy atom. The van der Waals surface area contributed by atoms with Gasteiger partial charge in [0, 0.05) is 5.56 Å². The number of carbonyl (C=O) groups is 2. The summed E-state index contributed by atoms with van der Waals surface area (Å²) in [5, 5.41) is 14.7. The highest BCUT2D eigenvalue weighted by molar-refractivity contribution is 6.14. The van der Waals surface area contributed by atoms with E-state index in [1.54, 1.807) is 36.4 Å². The van der Waals surface area contributed by atoms with Gasteiger partial charge in [0.25, 0.3) is 11.5 Å². The van der Waals surface area contributed by atoms with E-state index in [9.17, 15) is 14.4 Å². The SMILES string of the molecule is N#Cc1ccc(CN2C(=O)N/C(=C\c3c(-c4ccccc4)[nH]n(-c4ccccc4)c3=O)C2=O)cc1. The summed E-state index contributed by atoms with van der Waals surface area (Å²) in [5.74, 6) is -0.537. The van der Waals surface area contributed by atoms with Gasteiger partial charge in [-0.3, -0.25) is 19.6 Å². The summed E-state index contributed by atoms with van der Waals surface area (Å²) in [6.07, 6.45) is 1.42. The molecule has 5 rings (SSSR count). The molecule has 1 aliphatic heterocycles. The van der Waals surface area contributed by atoms with Gasteiger partial charge in [-0.2, -0.15) is 5.26 Å². The van der Waals surface area contributed by atoms with E-state index in [1.807, 2.05) is 54.6 Å². The van der Waals surface area contributed by atoms with Crippen LogP contribution in [0.2, 0.25) is 0 Å². The molecular formula is C27H19N5O3. The van der Waals surface area contributed by atoms with Crippen LogP contribution in [-0.4, -0.2) is 26.6 Å². The van der Waals surface area contributed by atoms with Crippen LogP contribution in [0.5, 0.6) is 0 Å². The first-order valence-electron chi connectivity index (χ1n) is 10.8. The zero-order valence-corrected chi connectivity index (χ0v) is 18.4. The molecule has 0 radical (unpaired) electrons. The molecule has 0 atom stereocenters. The van der Waals surface area contributed by atoms with Crippen LogP contribution in [0.15, 0.2) is 95.4 Å². The molecule has 2 N–H and O–H groups in total.